The fourth-order valence-electron chi connectivity index (χ4n) is 2.42. The number of aryl methyl sites for hydroxylation is 1. The average Bonchev–Trinajstić information content (AvgIpc) is 2.69. The third kappa shape index (κ3) is 6.41. The predicted octanol–water partition coefficient (Wildman–Crippen LogP) is 2.47. The van der Waals surface area contributed by atoms with E-state index in [2.05, 4.69) is 16.2 Å². The number of hydrazine groups is 1. The molecule has 0 aliphatic carbocycles. The Kier molecular flexibility index (Phi) is 7.81. The quantitative estimate of drug-likeness (QED) is 0.498. The molecule has 0 spiro atoms. The zero-order valence-corrected chi connectivity index (χ0v) is 16.0. The molecule has 0 aliphatic heterocycles. The fraction of sp³-hybridized carbons (Fsp3) is 0.263. The van der Waals surface area contributed by atoms with Crippen LogP contribution in [0.15, 0.2) is 42.5 Å². The number of amides is 1. The number of carbonyl (C=O) groups is 1. The molecule has 0 heterocycles. The van der Waals surface area contributed by atoms with E-state index < -0.39 is 0 Å². The van der Waals surface area contributed by atoms with Crippen LogP contribution < -0.4 is 25.6 Å². The standard InChI is InChI=1S/C19H22FN3O3S/c1-25-16-5-3-4-14(18(16)26-2)8-11-17(24)22-23-19(27)21-12-13-6-9-15(20)10-7-13/h3-7,9-10H,8,11-12H2,1-2H3,(H,22,24)(H2,21,23,27). The van der Waals surface area contributed by atoms with Gasteiger partial charge in [0.15, 0.2) is 16.6 Å². The highest BCUT2D eigenvalue weighted by Gasteiger charge is 2.11. The zero-order valence-electron chi connectivity index (χ0n) is 15.2. The first kappa shape index (κ1) is 20.4. The van der Waals surface area contributed by atoms with Crippen LogP contribution in [0.25, 0.3) is 0 Å². The first-order chi connectivity index (χ1) is 13.0. The normalized spacial score (nSPS) is 10.0. The Balaban J connectivity index is 1.74. The van der Waals surface area contributed by atoms with Gasteiger partial charge in [-0.1, -0.05) is 24.3 Å². The molecule has 0 unspecified atom stereocenters. The van der Waals surface area contributed by atoms with Crippen LogP contribution in [-0.4, -0.2) is 25.2 Å². The minimum absolute atomic E-state index is 0.217. The molecule has 0 bridgehead atoms. The van der Waals surface area contributed by atoms with Gasteiger partial charge in [0, 0.05) is 13.0 Å². The molecule has 0 atom stereocenters. The lowest BCUT2D eigenvalue weighted by atomic mass is 10.1. The van der Waals surface area contributed by atoms with Crippen molar-refractivity contribution in [1.82, 2.24) is 16.2 Å². The van der Waals surface area contributed by atoms with Gasteiger partial charge >= 0.3 is 0 Å². The average molecular weight is 391 g/mol. The second-order valence-corrected chi connectivity index (χ2v) is 6.04. The summed E-state index contributed by atoms with van der Waals surface area (Å²) in [5.74, 6) is 0.738. The number of para-hydroxylation sites is 1. The summed E-state index contributed by atoms with van der Waals surface area (Å²) in [5, 5.41) is 3.20. The lowest BCUT2D eigenvalue weighted by Crippen LogP contribution is -2.46. The molecule has 6 nitrogen and oxygen atoms in total. The molecule has 1 amide bonds. The van der Waals surface area contributed by atoms with Gasteiger partial charge in [-0.15, -0.1) is 0 Å². The van der Waals surface area contributed by atoms with Gasteiger partial charge in [-0.05, 0) is 48.0 Å². The Hall–Kier alpha value is -2.87. The lowest BCUT2D eigenvalue weighted by molar-refractivity contribution is -0.121. The third-order valence-corrected chi connectivity index (χ3v) is 4.03. The molecule has 0 fully saturated rings. The number of methoxy groups -OCH3 is 2. The first-order valence-electron chi connectivity index (χ1n) is 8.30. The fourth-order valence-corrected chi connectivity index (χ4v) is 2.54. The van der Waals surface area contributed by atoms with Crippen LogP contribution in [0.2, 0.25) is 0 Å². The van der Waals surface area contributed by atoms with Gasteiger partial charge in [-0.3, -0.25) is 15.6 Å². The van der Waals surface area contributed by atoms with E-state index in [1.807, 2.05) is 12.1 Å². The molecule has 27 heavy (non-hydrogen) atoms. The molecule has 0 aliphatic rings. The smallest absolute Gasteiger partial charge is 0.238 e. The Labute approximate surface area is 163 Å². The van der Waals surface area contributed by atoms with E-state index in [4.69, 9.17) is 21.7 Å². The summed E-state index contributed by atoms with van der Waals surface area (Å²) in [6, 6.07) is 11.6. The minimum atomic E-state index is -0.292. The lowest BCUT2D eigenvalue weighted by Gasteiger charge is -2.13. The van der Waals surface area contributed by atoms with Crippen molar-refractivity contribution in [3.63, 3.8) is 0 Å². The summed E-state index contributed by atoms with van der Waals surface area (Å²) in [4.78, 5) is 12.0. The number of ether oxygens (including phenoxy) is 2. The van der Waals surface area contributed by atoms with Gasteiger partial charge < -0.3 is 14.8 Å². The van der Waals surface area contributed by atoms with Gasteiger partial charge in [0.1, 0.15) is 5.82 Å². The molecule has 2 aromatic carbocycles. The van der Waals surface area contributed by atoms with Crippen molar-refractivity contribution < 1.29 is 18.7 Å². The summed E-state index contributed by atoms with van der Waals surface area (Å²) in [6.07, 6.45) is 0.737. The van der Waals surface area contributed by atoms with Crippen LogP contribution in [0.3, 0.4) is 0 Å². The maximum absolute atomic E-state index is 12.9. The highest BCUT2D eigenvalue weighted by atomic mass is 32.1. The van der Waals surface area contributed by atoms with E-state index in [1.54, 1.807) is 32.4 Å². The molecular formula is C19H22FN3O3S. The SMILES string of the molecule is COc1cccc(CCC(=O)NNC(=S)NCc2ccc(F)cc2)c1OC. The minimum Gasteiger partial charge on any atom is -0.493 e. The largest absolute Gasteiger partial charge is 0.493 e. The van der Waals surface area contributed by atoms with Crippen molar-refractivity contribution >= 4 is 23.2 Å². The monoisotopic (exact) mass is 391 g/mol. The molecular weight excluding hydrogens is 369 g/mol. The highest BCUT2D eigenvalue weighted by Crippen LogP contribution is 2.31. The van der Waals surface area contributed by atoms with Crippen molar-refractivity contribution in [2.45, 2.75) is 19.4 Å². The van der Waals surface area contributed by atoms with Gasteiger partial charge in [0.2, 0.25) is 5.91 Å². The van der Waals surface area contributed by atoms with Gasteiger partial charge in [0.25, 0.3) is 0 Å². The molecule has 2 rings (SSSR count). The van der Waals surface area contributed by atoms with E-state index in [1.165, 1.54) is 12.1 Å². The van der Waals surface area contributed by atoms with Gasteiger partial charge in [-0.25, -0.2) is 4.39 Å². The molecule has 0 saturated carbocycles. The highest BCUT2D eigenvalue weighted by molar-refractivity contribution is 7.80. The van der Waals surface area contributed by atoms with E-state index >= 15 is 0 Å². The second-order valence-electron chi connectivity index (χ2n) is 5.63. The summed E-state index contributed by atoms with van der Waals surface area (Å²) in [5.41, 5.74) is 6.93. The van der Waals surface area contributed by atoms with E-state index in [0.29, 0.717) is 24.5 Å². The number of nitrogens with one attached hydrogen (secondary N) is 3. The molecule has 8 heteroatoms. The van der Waals surface area contributed by atoms with Gasteiger partial charge in [0.05, 0.1) is 14.2 Å². The number of halogens is 1. The Morgan fingerprint density at radius 3 is 2.48 bits per heavy atom. The molecule has 144 valence electrons. The van der Waals surface area contributed by atoms with E-state index in [9.17, 15) is 9.18 Å². The Morgan fingerprint density at radius 1 is 1.07 bits per heavy atom. The van der Waals surface area contributed by atoms with Crippen molar-refractivity contribution in [3.8, 4) is 11.5 Å². The number of hydrogen-bond donors (Lipinski definition) is 3. The maximum Gasteiger partial charge on any atom is 0.238 e. The molecule has 3 N–H and O–H groups in total. The van der Waals surface area contributed by atoms with Crippen LogP contribution >= 0.6 is 12.2 Å². The summed E-state index contributed by atoms with van der Waals surface area (Å²) < 4.78 is 23.5. The second kappa shape index (κ2) is 10.3. The van der Waals surface area contributed by atoms with Crippen LogP contribution in [0, 0.1) is 5.82 Å². The van der Waals surface area contributed by atoms with E-state index in [0.717, 1.165) is 11.1 Å². The van der Waals surface area contributed by atoms with Gasteiger partial charge in [-0.2, -0.15) is 0 Å². The maximum atomic E-state index is 12.9. The molecule has 0 aromatic heterocycles. The Bertz CT molecular complexity index is 784. The van der Waals surface area contributed by atoms with Crippen LogP contribution in [0.4, 0.5) is 4.39 Å². The number of carbonyl (C=O) groups excluding carboxylic acids is 1. The summed E-state index contributed by atoms with van der Waals surface area (Å²) in [6.45, 7) is 0.420. The van der Waals surface area contributed by atoms with Crippen molar-refractivity contribution in [3.05, 3.63) is 59.4 Å². The van der Waals surface area contributed by atoms with Crippen LogP contribution in [0.5, 0.6) is 11.5 Å². The third-order valence-electron chi connectivity index (χ3n) is 3.79. The summed E-state index contributed by atoms with van der Waals surface area (Å²) in [7, 11) is 3.13. The van der Waals surface area contributed by atoms with Crippen molar-refractivity contribution in [1.29, 1.82) is 0 Å². The number of rotatable bonds is 7. The Morgan fingerprint density at radius 2 is 1.81 bits per heavy atom. The van der Waals surface area contributed by atoms with Crippen LogP contribution in [0.1, 0.15) is 17.5 Å². The predicted molar refractivity (Wildman–Crippen MR) is 105 cm³/mol. The molecule has 2 aromatic rings. The zero-order chi connectivity index (χ0) is 19.6. The van der Waals surface area contributed by atoms with E-state index in [-0.39, 0.29) is 23.3 Å². The summed E-state index contributed by atoms with van der Waals surface area (Å²) >= 11 is 5.10. The number of benzene rings is 2. The number of hydrogen-bond acceptors (Lipinski definition) is 4. The molecule has 0 saturated heterocycles. The first-order valence-corrected chi connectivity index (χ1v) is 8.71. The van der Waals surface area contributed by atoms with Crippen molar-refractivity contribution in [2.75, 3.05) is 14.2 Å². The number of thiocarbonyl (C=S) groups is 1. The molecule has 0 radical (unpaired) electrons. The van der Waals surface area contributed by atoms with Crippen LogP contribution in [-0.2, 0) is 17.8 Å². The topological polar surface area (TPSA) is 71.6 Å². The van der Waals surface area contributed by atoms with Crippen molar-refractivity contribution in [2.24, 2.45) is 0 Å².